The van der Waals surface area contributed by atoms with Gasteiger partial charge in [0.1, 0.15) is 0 Å². The first-order valence-corrected chi connectivity index (χ1v) is 5.00. The van der Waals surface area contributed by atoms with E-state index >= 15 is 0 Å². The van der Waals surface area contributed by atoms with Gasteiger partial charge in [0.25, 0.3) is 0 Å². The number of carbonyl (C=O) groups excluding carboxylic acids is 1. The number of carbonyl (C=O) groups is 1. The minimum absolute atomic E-state index is 0.136. The molecule has 13 heavy (non-hydrogen) atoms. The van der Waals surface area contributed by atoms with Crippen molar-refractivity contribution in [2.75, 3.05) is 26.2 Å². The average Bonchev–Trinajstić information content (AvgIpc) is 2.64. The summed E-state index contributed by atoms with van der Waals surface area (Å²) in [5.74, 6) is 0.834. The van der Waals surface area contributed by atoms with Crippen molar-refractivity contribution < 1.29 is 4.79 Å². The second-order valence-electron chi connectivity index (χ2n) is 3.54. The van der Waals surface area contributed by atoms with Crippen molar-refractivity contribution in [2.45, 2.75) is 19.3 Å². The molecule has 1 rings (SSSR count). The molecule has 0 spiro atoms. The molecule has 4 heteroatoms. The standard InChI is InChI=1S/C9H19N3O/c10-4-6-12-9(13)2-1-8-3-5-11-7-8/h8,11H,1-7,10H2,(H,12,13). The molecule has 0 aromatic rings. The van der Waals surface area contributed by atoms with Crippen LogP contribution in [-0.2, 0) is 4.79 Å². The lowest BCUT2D eigenvalue weighted by molar-refractivity contribution is -0.121. The second-order valence-corrected chi connectivity index (χ2v) is 3.54. The molecule has 1 atom stereocenters. The van der Waals surface area contributed by atoms with Gasteiger partial charge in [-0.3, -0.25) is 4.79 Å². The summed E-state index contributed by atoms with van der Waals surface area (Å²) in [6, 6.07) is 0. The smallest absolute Gasteiger partial charge is 0.220 e. The number of nitrogens with one attached hydrogen (secondary N) is 2. The summed E-state index contributed by atoms with van der Waals surface area (Å²) >= 11 is 0. The molecule has 0 aromatic carbocycles. The Labute approximate surface area is 79.3 Å². The van der Waals surface area contributed by atoms with Crippen LogP contribution < -0.4 is 16.4 Å². The molecule has 0 radical (unpaired) electrons. The zero-order chi connectivity index (χ0) is 9.52. The SMILES string of the molecule is NCCNC(=O)CCC1CCNC1. The summed E-state index contributed by atoms with van der Waals surface area (Å²) < 4.78 is 0. The maximum absolute atomic E-state index is 11.2. The fourth-order valence-corrected chi connectivity index (χ4v) is 1.60. The summed E-state index contributed by atoms with van der Waals surface area (Å²) in [5, 5.41) is 6.06. The van der Waals surface area contributed by atoms with E-state index in [1.807, 2.05) is 0 Å². The van der Waals surface area contributed by atoms with Crippen molar-refractivity contribution >= 4 is 5.91 Å². The van der Waals surface area contributed by atoms with E-state index in [1.165, 1.54) is 6.42 Å². The van der Waals surface area contributed by atoms with Crippen molar-refractivity contribution in [3.8, 4) is 0 Å². The molecule has 4 nitrogen and oxygen atoms in total. The van der Waals surface area contributed by atoms with E-state index in [-0.39, 0.29) is 5.91 Å². The summed E-state index contributed by atoms with van der Waals surface area (Å²) in [6.07, 6.45) is 2.86. The first-order chi connectivity index (χ1) is 6.33. The number of nitrogens with two attached hydrogens (primary N) is 1. The molecule has 1 aliphatic rings. The molecular weight excluding hydrogens is 166 g/mol. The maximum atomic E-state index is 11.2. The van der Waals surface area contributed by atoms with Gasteiger partial charge in [0.15, 0.2) is 0 Å². The van der Waals surface area contributed by atoms with Crippen molar-refractivity contribution in [2.24, 2.45) is 11.7 Å². The van der Waals surface area contributed by atoms with E-state index in [9.17, 15) is 4.79 Å². The Hall–Kier alpha value is -0.610. The lowest BCUT2D eigenvalue weighted by Crippen LogP contribution is -2.29. The Morgan fingerprint density at radius 2 is 2.46 bits per heavy atom. The molecule has 0 saturated carbocycles. The van der Waals surface area contributed by atoms with Crippen molar-refractivity contribution in [3.05, 3.63) is 0 Å². The fraction of sp³-hybridized carbons (Fsp3) is 0.889. The molecule has 0 aliphatic carbocycles. The van der Waals surface area contributed by atoms with Crippen molar-refractivity contribution in [1.29, 1.82) is 0 Å². The van der Waals surface area contributed by atoms with Gasteiger partial charge in [0.05, 0.1) is 0 Å². The Kier molecular flexibility index (Phi) is 4.78. The molecule has 0 bridgehead atoms. The molecule has 1 unspecified atom stereocenters. The molecule has 0 aromatic heterocycles. The van der Waals surface area contributed by atoms with Crippen LogP contribution in [0.15, 0.2) is 0 Å². The van der Waals surface area contributed by atoms with E-state index < -0.39 is 0 Å². The van der Waals surface area contributed by atoms with E-state index in [1.54, 1.807) is 0 Å². The van der Waals surface area contributed by atoms with Gasteiger partial charge in [-0.2, -0.15) is 0 Å². The first kappa shape index (κ1) is 10.5. The molecular formula is C9H19N3O. The molecule has 4 N–H and O–H groups in total. The number of rotatable bonds is 5. The van der Waals surface area contributed by atoms with Gasteiger partial charge in [-0.1, -0.05) is 0 Å². The van der Waals surface area contributed by atoms with Crippen LogP contribution in [-0.4, -0.2) is 32.1 Å². The Balaban J connectivity index is 2.00. The number of amides is 1. The van der Waals surface area contributed by atoms with Crippen LogP contribution in [0.3, 0.4) is 0 Å². The average molecular weight is 185 g/mol. The minimum Gasteiger partial charge on any atom is -0.355 e. The minimum atomic E-state index is 0.136. The highest BCUT2D eigenvalue weighted by molar-refractivity contribution is 5.75. The lowest BCUT2D eigenvalue weighted by atomic mass is 10.0. The van der Waals surface area contributed by atoms with Gasteiger partial charge < -0.3 is 16.4 Å². The quantitative estimate of drug-likeness (QED) is 0.538. The highest BCUT2D eigenvalue weighted by Crippen LogP contribution is 2.13. The molecule has 1 heterocycles. The van der Waals surface area contributed by atoms with E-state index in [4.69, 9.17) is 5.73 Å². The van der Waals surface area contributed by atoms with Crippen LogP contribution in [0.25, 0.3) is 0 Å². The topological polar surface area (TPSA) is 67.1 Å². The highest BCUT2D eigenvalue weighted by atomic mass is 16.1. The summed E-state index contributed by atoms with van der Waals surface area (Å²) in [6.45, 7) is 3.30. The fourth-order valence-electron chi connectivity index (χ4n) is 1.60. The van der Waals surface area contributed by atoms with E-state index in [0.29, 0.717) is 25.4 Å². The highest BCUT2D eigenvalue weighted by Gasteiger charge is 2.15. The van der Waals surface area contributed by atoms with Crippen molar-refractivity contribution in [1.82, 2.24) is 10.6 Å². The summed E-state index contributed by atoms with van der Waals surface area (Å²) in [5.41, 5.74) is 5.27. The molecule has 76 valence electrons. The largest absolute Gasteiger partial charge is 0.355 e. The molecule has 1 saturated heterocycles. The number of hydrogen-bond acceptors (Lipinski definition) is 3. The van der Waals surface area contributed by atoms with Gasteiger partial charge in [-0.25, -0.2) is 0 Å². The van der Waals surface area contributed by atoms with Gasteiger partial charge >= 0.3 is 0 Å². The van der Waals surface area contributed by atoms with Gasteiger partial charge in [-0.15, -0.1) is 0 Å². The van der Waals surface area contributed by atoms with Crippen LogP contribution in [0.1, 0.15) is 19.3 Å². The Morgan fingerprint density at radius 3 is 3.08 bits per heavy atom. The predicted molar refractivity (Wildman–Crippen MR) is 52.3 cm³/mol. The maximum Gasteiger partial charge on any atom is 0.220 e. The van der Waals surface area contributed by atoms with Crippen LogP contribution >= 0.6 is 0 Å². The molecule has 1 fully saturated rings. The van der Waals surface area contributed by atoms with Crippen molar-refractivity contribution in [3.63, 3.8) is 0 Å². The third-order valence-electron chi connectivity index (χ3n) is 2.41. The van der Waals surface area contributed by atoms with E-state index in [0.717, 1.165) is 19.5 Å². The molecule has 1 amide bonds. The van der Waals surface area contributed by atoms with Crippen LogP contribution in [0.5, 0.6) is 0 Å². The van der Waals surface area contributed by atoms with Gasteiger partial charge in [-0.05, 0) is 31.8 Å². The summed E-state index contributed by atoms with van der Waals surface area (Å²) in [7, 11) is 0. The Morgan fingerprint density at radius 1 is 1.62 bits per heavy atom. The predicted octanol–water partition coefficient (Wildman–Crippen LogP) is -0.549. The zero-order valence-electron chi connectivity index (χ0n) is 8.01. The van der Waals surface area contributed by atoms with Crippen LogP contribution in [0.4, 0.5) is 0 Å². The Bertz CT molecular complexity index is 155. The zero-order valence-corrected chi connectivity index (χ0v) is 8.01. The first-order valence-electron chi connectivity index (χ1n) is 5.00. The second kappa shape index (κ2) is 5.94. The van der Waals surface area contributed by atoms with E-state index in [2.05, 4.69) is 10.6 Å². The lowest BCUT2D eigenvalue weighted by Gasteiger charge is -2.07. The van der Waals surface area contributed by atoms with Gasteiger partial charge in [0, 0.05) is 19.5 Å². The van der Waals surface area contributed by atoms with Gasteiger partial charge in [0.2, 0.25) is 5.91 Å². The number of hydrogen-bond donors (Lipinski definition) is 3. The third kappa shape index (κ3) is 4.24. The van der Waals surface area contributed by atoms with Crippen LogP contribution in [0, 0.1) is 5.92 Å². The monoisotopic (exact) mass is 185 g/mol. The summed E-state index contributed by atoms with van der Waals surface area (Å²) in [4.78, 5) is 11.2. The molecule has 1 aliphatic heterocycles. The third-order valence-corrected chi connectivity index (χ3v) is 2.41. The normalized spacial score (nSPS) is 21.8. The van der Waals surface area contributed by atoms with Crippen LogP contribution in [0.2, 0.25) is 0 Å².